The second kappa shape index (κ2) is 8.65. The SMILES string of the molecule is O=C(O)COc1cc(Cl)c(Cc2ccc(O)c(Cc3ccsc3)c2)c(Cl)c1. The van der Waals surface area contributed by atoms with Gasteiger partial charge in [-0.05, 0) is 57.3 Å². The Balaban J connectivity index is 1.81. The molecule has 0 aliphatic heterocycles. The molecule has 7 heteroatoms. The van der Waals surface area contributed by atoms with E-state index >= 15 is 0 Å². The van der Waals surface area contributed by atoms with E-state index in [2.05, 4.69) is 5.38 Å². The van der Waals surface area contributed by atoms with Crippen LogP contribution in [0, 0.1) is 0 Å². The Labute approximate surface area is 170 Å². The van der Waals surface area contributed by atoms with Crippen LogP contribution in [0.25, 0.3) is 0 Å². The van der Waals surface area contributed by atoms with Crippen LogP contribution < -0.4 is 4.74 Å². The van der Waals surface area contributed by atoms with Crippen LogP contribution in [-0.4, -0.2) is 22.8 Å². The van der Waals surface area contributed by atoms with Crippen molar-refractivity contribution in [1.82, 2.24) is 0 Å². The summed E-state index contributed by atoms with van der Waals surface area (Å²) in [7, 11) is 0. The van der Waals surface area contributed by atoms with Crippen molar-refractivity contribution >= 4 is 40.5 Å². The number of benzene rings is 2. The second-order valence-electron chi connectivity index (χ2n) is 6.00. The number of aromatic hydroxyl groups is 1. The molecular formula is C20H16Cl2O4S. The van der Waals surface area contributed by atoms with Gasteiger partial charge in [-0.15, -0.1) is 0 Å². The number of aliphatic carboxylic acids is 1. The first-order valence-electron chi connectivity index (χ1n) is 8.06. The molecule has 0 aliphatic carbocycles. The van der Waals surface area contributed by atoms with E-state index in [0.717, 1.165) is 16.7 Å². The van der Waals surface area contributed by atoms with Crippen LogP contribution in [0.3, 0.4) is 0 Å². The highest BCUT2D eigenvalue weighted by Gasteiger charge is 2.12. The molecule has 0 radical (unpaired) electrons. The number of halogens is 2. The van der Waals surface area contributed by atoms with E-state index < -0.39 is 12.6 Å². The first kappa shape index (κ1) is 19.5. The van der Waals surface area contributed by atoms with Crippen molar-refractivity contribution in [2.45, 2.75) is 12.8 Å². The largest absolute Gasteiger partial charge is 0.508 e. The lowest BCUT2D eigenvalue weighted by molar-refractivity contribution is -0.139. The van der Waals surface area contributed by atoms with Crippen molar-refractivity contribution in [3.63, 3.8) is 0 Å². The molecule has 4 nitrogen and oxygen atoms in total. The summed E-state index contributed by atoms with van der Waals surface area (Å²) in [5.74, 6) is -0.520. The van der Waals surface area contributed by atoms with Crippen molar-refractivity contribution in [3.8, 4) is 11.5 Å². The third kappa shape index (κ3) is 5.16. The van der Waals surface area contributed by atoms with E-state index in [1.807, 2.05) is 23.6 Å². The molecule has 1 aromatic heterocycles. The fourth-order valence-corrected chi connectivity index (χ4v) is 3.95. The molecule has 0 atom stereocenters. The summed E-state index contributed by atoms with van der Waals surface area (Å²) in [4.78, 5) is 10.6. The molecule has 0 aliphatic rings. The summed E-state index contributed by atoms with van der Waals surface area (Å²) in [6, 6.07) is 10.6. The molecule has 3 rings (SSSR count). The third-order valence-electron chi connectivity index (χ3n) is 3.98. The Morgan fingerprint density at radius 1 is 1.04 bits per heavy atom. The maximum atomic E-state index is 10.6. The first-order valence-corrected chi connectivity index (χ1v) is 9.76. The molecule has 0 unspecified atom stereocenters. The Bertz CT molecular complexity index is 932. The van der Waals surface area contributed by atoms with Crippen molar-refractivity contribution in [3.05, 3.63) is 79.5 Å². The Morgan fingerprint density at radius 2 is 1.78 bits per heavy atom. The lowest BCUT2D eigenvalue weighted by Crippen LogP contribution is -2.09. The summed E-state index contributed by atoms with van der Waals surface area (Å²) in [6.45, 7) is -0.462. The van der Waals surface area contributed by atoms with Crippen LogP contribution in [-0.2, 0) is 17.6 Å². The number of carbonyl (C=O) groups is 1. The first-order chi connectivity index (χ1) is 12.9. The van der Waals surface area contributed by atoms with Crippen LogP contribution in [0.1, 0.15) is 22.3 Å². The molecule has 27 heavy (non-hydrogen) atoms. The average molecular weight is 423 g/mol. The Morgan fingerprint density at radius 3 is 2.41 bits per heavy atom. The predicted octanol–water partition coefficient (Wildman–Crippen LogP) is 5.41. The van der Waals surface area contributed by atoms with Gasteiger partial charge in [0.15, 0.2) is 6.61 Å². The van der Waals surface area contributed by atoms with Crippen molar-refractivity contribution in [2.24, 2.45) is 0 Å². The molecule has 0 spiro atoms. The molecule has 0 amide bonds. The number of phenolic OH excluding ortho intramolecular Hbond substituents is 1. The number of hydrogen-bond donors (Lipinski definition) is 2. The zero-order valence-electron chi connectivity index (χ0n) is 14.1. The third-order valence-corrected chi connectivity index (χ3v) is 5.38. The number of rotatable bonds is 7. The van der Waals surface area contributed by atoms with Crippen molar-refractivity contribution in [2.75, 3.05) is 6.61 Å². The minimum Gasteiger partial charge on any atom is -0.508 e. The maximum absolute atomic E-state index is 10.6. The maximum Gasteiger partial charge on any atom is 0.341 e. The molecule has 1 heterocycles. The summed E-state index contributed by atoms with van der Waals surface area (Å²) in [6.07, 6.45) is 1.13. The molecule has 0 fully saturated rings. The monoisotopic (exact) mass is 422 g/mol. The fraction of sp³-hybridized carbons (Fsp3) is 0.150. The van der Waals surface area contributed by atoms with Crippen molar-refractivity contribution < 1.29 is 19.7 Å². The van der Waals surface area contributed by atoms with Gasteiger partial charge in [-0.2, -0.15) is 11.3 Å². The summed E-state index contributed by atoms with van der Waals surface area (Å²) in [5.41, 5.74) is 3.65. The quantitative estimate of drug-likeness (QED) is 0.534. The molecule has 2 N–H and O–H groups in total. The van der Waals surface area contributed by atoms with Gasteiger partial charge >= 0.3 is 5.97 Å². The van der Waals surface area contributed by atoms with Crippen LogP contribution >= 0.6 is 34.5 Å². The zero-order chi connectivity index (χ0) is 19.4. The van der Waals surface area contributed by atoms with Gasteiger partial charge in [0.25, 0.3) is 0 Å². The summed E-state index contributed by atoms with van der Waals surface area (Å²) in [5, 5.41) is 23.7. The van der Waals surface area contributed by atoms with Crippen LogP contribution in [0.2, 0.25) is 10.0 Å². The van der Waals surface area contributed by atoms with Crippen molar-refractivity contribution in [1.29, 1.82) is 0 Å². The van der Waals surface area contributed by atoms with Crippen LogP contribution in [0.15, 0.2) is 47.2 Å². The van der Waals surface area contributed by atoms with E-state index in [4.69, 9.17) is 33.0 Å². The molecule has 0 saturated carbocycles. The molecule has 140 valence electrons. The van der Waals surface area contributed by atoms with Gasteiger partial charge in [-0.1, -0.05) is 35.3 Å². The smallest absolute Gasteiger partial charge is 0.341 e. The topological polar surface area (TPSA) is 66.8 Å². The lowest BCUT2D eigenvalue weighted by Gasteiger charge is -2.12. The van der Waals surface area contributed by atoms with Gasteiger partial charge in [-0.25, -0.2) is 4.79 Å². The normalized spacial score (nSPS) is 10.7. The summed E-state index contributed by atoms with van der Waals surface area (Å²) < 4.78 is 5.13. The molecule has 3 aromatic rings. The zero-order valence-corrected chi connectivity index (χ0v) is 16.4. The van der Waals surface area contributed by atoms with E-state index in [1.54, 1.807) is 29.5 Å². The lowest BCUT2D eigenvalue weighted by atomic mass is 9.99. The van der Waals surface area contributed by atoms with Gasteiger partial charge in [0.1, 0.15) is 11.5 Å². The molecule has 2 aromatic carbocycles. The van der Waals surface area contributed by atoms with E-state index in [9.17, 15) is 9.90 Å². The highest BCUT2D eigenvalue weighted by molar-refractivity contribution is 7.07. The number of hydrogen-bond acceptors (Lipinski definition) is 4. The Hall–Kier alpha value is -2.21. The molecular weight excluding hydrogens is 407 g/mol. The van der Waals surface area contributed by atoms with Gasteiger partial charge in [0.05, 0.1) is 0 Å². The van der Waals surface area contributed by atoms with E-state index in [-0.39, 0.29) is 5.75 Å². The van der Waals surface area contributed by atoms with Gasteiger partial charge < -0.3 is 14.9 Å². The standard InChI is InChI=1S/C20H16Cl2O4S/c21-17-8-15(26-10-20(24)25)9-18(22)16(17)7-12-1-2-19(23)14(5-12)6-13-3-4-27-11-13/h1-5,8-9,11,23H,6-7,10H2,(H,24,25). The minimum absolute atomic E-state index is 0.250. The predicted molar refractivity (Wildman–Crippen MR) is 108 cm³/mol. The van der Waals surface area contributed by atoms with Crippen LogP contribution in [0.5, 0.6) is 11.5 Å². The van der Waals surface area contributed by atoms with Gasteiger partial charge in [-0.3, -0.25) is 0 Å². The summed E-state index contributed by atoms with van der Waals surface area (Å²) >= 11 is 14.3. The number of carboxylic acids is 1. The minimum atomic E-state index is -1.08. The number of ether oxygens (including phenoxy) is 1. The highest BCUT2D eigenvalue weighted by atomic mass is 35.5. The molecule has 0 bridgehead atoms. The average Bonchev–Trinajstić information content (AvgIpc) is 3.12. The van der Waals surface area contributed by atoms with Gasteiger partial charge in [0.2, 0.25) is 0 Å². The van der Waals surface area contributed by atoms with Crippen LogP contribution in [0.4, 0.5) is 0 Å². The Kier molecular flexibility index (Phi) is 6.26. The second-order valence-corrected chi connectivity index (χ2v) is 7.59. The number of phenols is 1. The molecule has 0 saturated heterocycles. The number of carboxylic acid groups (broad SMARTS) is 1. The fourth-order valence-electron chi connectivity index (χ4n) is 2.68. The van der Waals surface area contributed by atoms with E-state index in [0.29, 0.717) is 34.2 Å². The highest BCUT2D eigenvalue weighted by Crippen LogP contribution is 2.33. The number of thiophene rings is 1. The van der Waals surface area contributed by atoms with E-state index in [1.165, 1.54) is 0 Å². The van der Waals surface area contributed by atoms with Gasteiger partial charge in [0, 0.05) is 22.9 Å².